The number of nitrogens with one attached hydrogen (secondary N) is 2. The summed E-state index contributed by atoms with van der Waals surface area (Å²) in [6.45, 7) is 0. The van der Waals surface area contributed by atoms with Crippen LogP contribution in [0.5, 0.6) is 0 Å². The average molecular weight is 598 g/mol. The number of benzene rings is 2. The summed E-state index contributed by atoms with van der Waals surface area (Å²) in [7, 11) is 0. The first kappa shape index (κ1) is 25.8. The van der Waals surface area contributed by atoms with Crippen LogP contribution >= 0.6 is 31.9 Å². The Labute approximate surface area is 212 Å². The summed E-state index contributed by atoms with van der Waals surface area (Å²) in [5, 5.41) is 29.0. The normalized spacial score (nSPS) is 14.8. The summed E-state index contributed by atoms with van der Waals surface area (Å²) in [4.78, 5) is 47.8. The molecule has 1 aliphatic rings. The molecular weight excluding hydrogens is 576 g/mol. The van der Waals surface area contributed by atoms with Gasteiger partial charge >= 0.3 is 0 Å². The van der Waals surface area contributed by atoms with E-state index in [1.807, 2.05) is 0 Å². The monoisotopic (exact) mass is 596 g/mol. The van der Waals surface area contributed by atoms with Crippen molar-refractivity contribution in [3.05, 3.63) is 78.9 Å². The molecule has 0 aliphatic heterocycles. The van der Waals surface area contributed by atoms with Crippen molar-refractivity contribution in [1.29, 1.82) is 0 Å². The molecule has 180 valence electrons. The Bertz CT molecular complexity index is 1050. The van der Waals surface area contributed by atoms with Gasteiger partial charge in [-0.1, -0.05) is 50.4 Å². The number of carbonyl (C=O) groups is 2. The Balaban J connectivity index is 1.87. The second-order valence-corrected chi connectivity index (χ2v) is 9.14. The van der Waals surface area contributed by atoms with Gasteiger partial charge in [-0.2, -0.15) is 0 Å². The maximum atomic E-state index is 13.0. The van der Waals surface area contributed by atoms with E-state index in [0.717, 1.165) is 19.3 Å². The van der Waals surface area contributed by atoms with Gasteiger partial charge in [0.1, 0.15) is 5.66 Å². The highest BCUT2D eigenvalue weighted by molar-refractivity contribution is 9.08. The first-order valence-electron chi connectivity index (χ1n) is 10.5. The number of nitrogens with zero attached hydrogens (tertiary/aromatic N) is 2. The molecule has 0 atom stereocenters. The predicted octanol–water partition coefficient (Wildman–Crippen LogP) is 5.11. The van der Waals surface area contributed by atoms with Crippen molar-refractivity contribution in [2.45, 2.75) is 48.4 Å². The highest BCUT2D eigenvalue weighted by Gasteiger charge is 2.36. The van der Waals surface area contributed by atoms with Crippen LogP contribution in [0.4, 0.5) is 11.4 Å². The van der Waals surface area contributed by atoms with Crippen LogP contribution in [0.1, 0.15) is 63.9 Å². The summed E-state index contributed by atoms with van der Waals surface area (Å²) in [6, 6.07) is 8.45. The first-order chi connectivity index (χ1) is 16.2. The van der Waals surface area contributed by atoms with Crippen LogP contribution in [0.3, 0.4) is 0 Å². The van der Waals surface area contributed by atoms with E-state index in [0.29, 0.717) is 24.0 Å². The van der Waals surface area contributed by atoms with Crippen LogP contribution in [-0.4, -0.2) is 27.3 Å². The summed E-state index contributed by atoms with van der Waals surface area (Å²) in [5.41, 5.74) is -0.332. The Hall–Kier alpha value is -2.86. The number of amides is 2. The molecule has 0 aromatic heterocycles. The number of nitro benzene ring substituents is 2. The number of alkyl halides is 2. The number of halogens is 2. The molecule has 12 heteroatoms. The Morgan fingerprint density at radius 3 is 1.56 bits per heavy atom. The lowest BCUT2D eigenvalue weighted by Crippen LogP contribution is -2.61. The van der Waals surface area contributed by atoms with E-state index < -0.39 is 27.3 Å². The van der Waals surface area contributed by atoms with Crippen molar-refractivity contribution >= 4 is 55.0 Å². The van der Waals surface area contributed by atoms with E-state index in [-0.39, 0.29) is 33.2 Å². The van der Waals surface area contributed by atoms with Crippen LogP contribution in [-0.2, 0) is 10.7 Å². The number of rotatable bonds is 8. The zero-order valence-electron chi connectivity index (χ0n) is 18.0. The fourth-order valence-corrected chi connectivity index (χ4v) is 4.94. The molecule has 34 heavy (non-hydrogen) atoms. The van der Waals surface area contributed by atoms with Gasteiger partial charge in [0, 0.05) is 45.0 Å². The van der Waals surface area contributed by atoms with Crippen LogP contribution in [0.2, 0.25) is 0 Å². The number of hydrogen-bond acceptors (Lipinski definition) is 6. The van der Waals surface area contributed by atoms with Crippen molar-refractivity contribution in [3.8, 4) is 0 Å². The Kier molecular flexibility index (Phi) is 8.37. The molecule has 10 nitrogen and oxygen atoms in total. The summed E-state index contributed by atoms with van der Waals surface area (Å²) in [5.74, 6) is -1.10. The van der Waals surface area contributed by atoms with Gasteiger partial charge in [-0.25, -0.2) is 0 Å². The van der Waals surface area contributed by atoms with Gasteiger partial charge < -0.3 is 10.6 Å². The molecule has 2 aromatic carbocycles. The fourth-order valence-electron chi connectivity index (χ4n) is 3.99. The first-order valence-corrected chi connectivity index (χ1v) is 12.8. The smallest absolute Gasteiger partial charge is 0.274 e. The van der Waals surface area contributed by atoms with Gasteiger partial charge in [-0.3, -0.25) is 29.8 Å². The standard InChI is InChI=1S/C22H22Br2N4O6/c23-12-16-6-4-14(10-18(16)27(31)32)20(29)25-22(8-2-1-3-9-22)26-21(30)15-5-7-17(13-24)19(11-15)28(33)34/h4-7,10-11H,1-3,8-9,12-13H2,(H,25,29)(H,26,30). The summed E-state index contributed by atoms with van der Waals surface area (Å²) < 4.78 is 0. The molecule has 0 saturated heterocycles. The zero-order chi connectivity index (χ0) is 24.9. The lowest BCUT2D eigenvalue weighted by atomic mass is 9.88. The minimum absolute atomic E-state index is 0.105. The molecule has 1 aliphatic carbocycles. The highest BCUT2D eigenvalue weighted by atomic mass is 79.9. The van der Waals surface area contributed by atoms with Gasteiger partial charge in [0.05, 0.1) is 9.85 Å². The highest BCUT2D eigenvalue weighted by Crippen LogP contribution is 2.29. The Morgan fingerprint density at radius 2 is 1.21 bits per heavy atom. The van der Waals surface area contributed by atoms with Crippen LogP contribution in [0.25, 0.3) is 0 Å². The second-order valence-electron chi connectivity index (χ2n) is 8.02. The largest absolute Gasteiger partial charge is 0.329 e. The molecule has 0 heterocycles. The van der Waals surface area contributed by atoms with Crippen molar-refractivity contribution in [2.75, 3.05) is 0 Å². The number of carbonyl (C=O) groups excluding carboxylic acids is 2. The molecule has 0 bridgehead atoms. The van der Waals surface area contributed by atoms with Crippen molar-refractivity contribution in [2.24, 2.45) is 0 Å². The van der Waals surface area contributed by atoms with Gasteiger partial charge in [0.25, 0.3) is 23.2 Å². The van der Waals surface area contributed by atoms with E-state index in [1.54, 1.807) is 0 Å². The summed E-state index contributed by atoms with van der Waals surface area (Å²) >= 11 is 6.40. The molecule has 0 radical (unpaired) electrons. The average Bonchev–Trinajstić information content (AvgIpc) is 2.83. The maximum absolute atomic E-state index is 13.0. The fraction of sp³-hybridized carbons (Fsp3) is 0.364. The number of hydrogen-bond donors (Lipinski definition) is 2. The third kappa shape index (κ3) is 5.79. The van der Waals surface area contributed by atoms with Crippen LogP contribution < -0.4 is 10.6 Å². The van der Waals surface area contributed by atoms with Gasteiger partial charge in [0.15, 0.2) is 0 Å². The maximum Gasteiger partial charge on any atom is 0.274 e. The third-order valence-electron chi connectivity index (χ3n) is 5.79. The summed E-state index contributed by atoms with van der Waals surface area (Å²) in [6.07, 6.45) is 3.38. The minimum Gasteiger partial charge on any atom is -0.329 e. The minimum atomic E-state index is -1.07. The predicted molar refractivity (Wildman–Crippen MR) is 132 cm³/mol. The topological polar surface area (TPSA) is 144 Å². The molecule has 3 rings (SSSR count). The van der Waals surface area contributed by atoms with Gasteiger partial charge in [0.2, 0.25) is 0 Å². The molecule has 2 aromatic rings. The quantitative estimate of drug-likeness (QED) is 0.187. The number of nitro groups is 2. The van der Waals surface area contributed by atoms with Gasteiger partial charge in [-0.05, 0) is 37.8 Å². The lowest BCUT2D eigenvalue weighted by Gasteiger charge is -2.39. The van der Waals surface area contributed by atoms with Crippen LogP contribution in [0.15, 0.2) is 36.4 Å². The Morgan fingerprint density at radius 1 is 0.794 bits per heavy atom. The van der Waals surface area contributed by atoms with E-state index in [1.165, 1.54) is 36.4 Å². The lowest BCUT2D eigenvalue weighted by molar-refractivity contribution is -0.385. The second kappa shape index (κ2) is 11.0. The molecule has 1 fully saturated rings. The molecule has 0 spiro atoms. The van der Waals surface area contributed by atoms with E-state index in [4.69, 9.17) is 0 Å². The third-order valence-corrected chi connectivity index (χ3v) is 7.00. The SMILES string of the molecule is O=C(NC1(NC(=O)c2ccc(CBr)c([N+](=O)[O-])c2)CCCCC1)c1ccc(CBr)c([N+](=O)[O-])c1. The molecule has 2 amide bonds. The van der Waals surface area contributed by atoms with Crippen LogP contribution in [0, 0.1) is 20.2 Å². The van der Waals surface area contributed by atoms with Gasteiger partial charge in [-0.15, -0.1) is 0 Å². The molecule has 2 N–H and O–H groups in total. The van der Waals surface area contributed by atoms with Crippen molar-refractivity contribution < 1.29 is 19.4 Å². The van der Waals surface area contributed by atoms with Crippen molar-refractivity contribution in [1.82, 2.24) is 10.6 Å². The van der Waals surface area contributed by atoms with Crippen molar-refractivity contribution in [3.63, 3.8) is 0 Å². The zero-order valence-corrected chi connectivity index (χ0v) is 21.2. The van der Waals surface area contributed by atoms with E-state index in [2.05, 4.69) is 42.5 Å². The van der Waals surface area contributed by atoms with E-state index >= 15 is 0 Å². The molecular formula is C22H22Br2N4O6. The molecule has 1 saturated carbocycles. The molecule has 0 unspecified atom stereocenters. The van der Waals surface area contributed by atoms with E-state index in [9.17, 15) is 29.8 Å².